The molecule has 0 aromatic carbocycles. The summed E-state index contributed by atoms with van der Waals surface area (Å²) < 4.78 is 0. The molecule has 0 bridgehead atoms. The predicted octanol–water partition coefficient (Wildman–Crippen LogP) is 0.693. The summed E-state index contributed by atoms with van der Waals surface area (Å²) in [6, 6.07) is 0. The molecule has 1 aliphatic carbocycles. The Balaban J connectivity index is 2.11. The smallest absolute Gasteiger partial charge is 0.346 e. The highest BCUT2D eigenvalue weighted by molar-refractivity contribution is 7.98. The highest BCUT2D eigenvalue weighted by atomic mass is 32.2. The van der Waals surface area contributed by atoms with Crippen molar-refractivity contribution in [3.8, 4) is 0 Å². The van der Waals surface area contributed by atoms with Gasteiger partial charge in [0.1, 0.15) is 5.03 Å². The Morgan fingerprint density at radius 3 is 2.80 bits per heavy atom. The molecule has 110 valence electrons. The lowest BCUT2D eigenvalue weighted by Crippen LogP contribution is -2.33. The molecule has 2 rings (SSSR count). The lowest BCUT2D eigenvalue weighted by molar-refractivity contribution is 0.0936. The molecule has 1 aliphatic rings. The first kappa shape index (κ1) is 15.1. The van der Waals surface area contributed by atoms with Crippen molar-refractivity contribution in [1.82, 2.24) is 15.3 Å². The molecule has 1 saturated carbocycles. The van der Waals surface area contributed by atoms with Crippen molar-refractivity contribution < 1.29 is 9.90 Å². The molecule has 0 radical (unpaired) electrons. The largest absolute Gasteiger partial charge is 0.396 e. The SMILES string of the molecule is CSc1nc(=O)[nH]c(C)c1C(=O)NCC1(CCO)CC1. The van der Waals surface area contributed by atoms with Crippen LogP contribution in [0.2, 0.25) is 0 Å². The summed E-state index contributed by atoms with van der Waals surface area (Å²) >= 11 is 1.28. The molecule has 1 heterocycles. The number of aryl methyl sites for hydroxylation is 1. The summed E-state index contributed by atoms with van der Waals surface area (Å²) in [6.45, 7) is 2.39. The van der Waals surface area contributed by atoms with Crippen LogP contribution < -0.4 is 11.0 Å². The fourth-order valence-corrected chi connectivity index (χ4v) is 2.88. The molecule has 0 atom stereocenters. The Labute approximate surface area is 121 Å². The molecule has 1 aromatic heterocycles. The average Bonchev–Trinajstić information content (AvgIpc) is 3.16. The number of nitrogens with one attached hydrogen (secondary N) is 2. The number of thioether (sulfide) groups is 1. The maximum atomic E-state index is 12.3. The van der Waals surface area contributed by atoms with E-state index in [9.17, 15) is 9.59 Å². The van der Waals surface area contributed by atoms with Crippen LogP contribution in [-0.4, -0.2) is 40.4 Å². The van der Waals surface area contributed by atoms with Crippen molar-refractivity contribution in [2.75, 3.05) is 19.4 Å². The molecule has 1 fully saturated rings. The van der Waals surface area contributed by atoms with E-state index in [4.69, 9.17) is 5.11 Å². The molecule has 0 aliphatic heterocycles. The third-order valence-corrected chi connectivity index (χ3v) is 4.41. The van der Waals surface area contributed by atoms with Crippen molar-refractivity contribution in [2.45, 2.75) is 31.2 Å². The highest BCUT2D eigenvalue weighted by Gasteiger charge is 2.42. The monoisotopic (exact) mass is 297 g/mol. The summed E-state index contributed by atoms with van der Waals surface area (Å²) in [5, 5.41) is 12.4. The number of aromatic amines is 1. The Morgan fingerprint density at radius 1 is 1.55 bits per heavy atom. The van der Waals surface area contributed by atoms with Gasteiger partial charge in [0.2, 0.25) is 0 Å². The standard InChI is InChI=1S/C13H19N3O3S/c1-8-9(11(20-2)16-12(19)15-8)10(18)14-7-13(3-4-13)5-6-17/h17H,3-7H2,1-2H3,(H,14,18)(H,15,16,19). The quantitative estimate of drug-likeness (QED) is 0.530. The van der Waals surface area contributed by atoms with Crippen LogP contribution in [0.1, 0.15) is 35.3 Å². The Bertz CT molecular complexity index is 566. The van der Waals surface area contributed by atoms with Crippen LogP contribution in [0.25, 0.3) is 0 Å². The Kier molecular flexibility index (Phi) is 4.49. The first-order valence-electron chi connectivity index (χ1n) is 6.55. The number of aliphatic hydroxyl groups excluding tert-OH is 1. The normalized spacial score (nSPS) is 15.9. The van der Waals surface area contributed by atoms with Gasteiger partial charge in [-0.15, -0.1) is 11.8 Å². The second-order valence-corrected chi connectivity index (χ2v) is 6.00. The minimum atomic E-state index is -0.442. The lowest BCUT2D eigenvalue weighted by Gasteiger charge is -2.16. The molecule has 0 unspecified atom stereocenters. The first-order chi connectivity index (χ1) is 9.51. The molecule has 7 heteroatoms. The predicted molar refractivity (Wildman–Crippen MR) is 77.1 cm³/mol. The second kappa shape index (κ2) is 5.97. The van der Waals surface area contributed by atoms with E-state index in [1.54, 1.807) is 13.2 Å². The van der Waals surface area contributed by atoms with E-state index in [1.807, 2.05) is 0 Å². The van der Waals surface area contributed by atoms with Crippen molar-refractivity contribution in [3.05, 3.63) is 21.7 Å². The van der Waals surface area contributed by atoms with Gasteiger partial charge in [0.05, 0.1) is 5.56 Å². The van der Waals surface area contributed by atoms with Crippen LogP contribution in [0.15, 0.2) is 9.82 Å². The topological polar surface area (TPSA) is 95.1 Å². The van der Waals surface area contributed by atoms with Crippen molar-refractivity contribution in [2.24, 2.45) is 5.41 Å². The summed E-state index contributed by atoms with van der Waals surface area (Å²) in [4.78, 5) is 30.0. The van der Waals surface area contributed by atoms with Crippen molar-refractivity contribution in [1.29, 1.82) is 0 Å². The molecule has 6 nitrogen and oxygen atoms in total. The molecule has 1 aromatic rings. The fraction of sp³-hybridized carbons (Fsp3) is 0.615. The zero-order valence-electron chi connectivity index (χ0n) is 11.7. The Hall–Kier alpha value is -1.34. The second-order valence-electron chi connectivity index (χ2n) is 5.21. The van der Waals surface area contributed by atoms with Crippen molar-refractivity contribution >= 4 is 17.7 Å². The van der Waals surface area contributed by atoms with Gasteiger partial charge in [0.25, 0.3) is 5.91 Å². The summed E-state index contributed by atoms with van der Waals surface area (Å²) in [7, 11) is 0. The summed E-state index contributed by atoms with van der Waals surface area (Å²) in [5.41, 5.74) is 0.575. The number of hydrogen-bond acceptors (Lipinski definition) is 5. The van der Waals surface area contributed by atoms with Gasteiger partial charge in [-0.05, 0) is 37.9 Å². The fourth-order valence-electron chi connectivity index (χ4n) is 2.26. The van der Waals surface area contributed by atoms with Crippen LogP contribution in [0.3, 0.4) is 0 Å². The van der Waals surface area contributed by atoms with Crippen LogP contribution in [-0.2, 0) is 0 Å². The number of carbonyl (C=O) groups excluding carboxylic acids is 1. The minimum Gasteiger partial charge on any atom is -0.396 e. The Morgan fingerprint density at radius 2 is 2.25 bits per heavy atom. The van der Waals surface area contributed by atoms with Gasteiger partial charge in [-0.3, -0.25) is 4.79 Å². The molecular weight excluding hydrogens is 278 g/mol. The molecular formula is C13H19N3O3S. The molecule has 1 amide bonds. The van der Waals surface area contributed by atoms with Gasteiger partial charge in [-0.25, -0.2) is 4.79 Å². The number of hydrogen-bond donors (Lipinski definition) is 3. The zero-order chi connectivity index (χ0) is 14.8. The van der Waals surface area contributed by atoms with E-state index in [0.29, 0.717) is 29.2 Å². The van der Waals surface area contributed by atoms with Crippen LogP contribution in [0.5, 0.6) is 0 Å². The van der Waals surface area contributed by atoms with E-state index in [0.717, 1.165) is 12.8 Å². The van der Waals surface area contributed by atoms with Gasteiger partial charge < -0.3 is 15.4 Å². The minimum absolute atomic E-state index is 0.0629. The number of nitrogens with zero attached hydrogens (tertiary/aromatic N) is 1. The molecule has 20 heavy (non-hydrogen) atoms. The van der Waals surface area contributed by atoms with Crippen molar-refractivity contribution in [3.63, 3.8) is 0 Å². The van der Waals surface area contributed by atoms with Gasteiger partial charge in [0.15, 0.2) is 0 Å². The number of rotatable bonds is 6. The number of aromatic nitrogens is 2. The summed E-state index contributed by atoms with van der Waals surface area (Å²) in [5.74, 6) is -0.222. The number of aliphatic hydroxyl groups is 1. The van der Waals surface area contributed by atoms with Gasteiger partial charge in [-0.1, -0.05) is 0 Å². The van der Waals surface area contributed by atoms with E-state index in [2.05, 4.69) is 15.3 Å². The van der Waals surface area contributed by atoms with E-state index in [1.165, 1.54) is 11.8 Å². The number of amides is 1. The molecule has 0 saturated heterocycles. The van der Waals surface area contributed by atoms with E-state index < -0.39 is 5.69 Å². The van der Waals surface area contributed by atoms with Crippen LogP contribution >= 0.6 is 11.8 Å². The average molecular weight is 297 g/mol. The van der Waals surface area contributed by atoms with Gasteiger partial charge >= 0.3 is 5.69 Å². The highest BCUT2D eigenvalue weighted by Crippen LogP contribution is 2.47. The van der Waals surface area contributed by atoms with Gasteiger partial charge in [-0.2, -0.15) is 4.98 Å². The van der Waals surface area contributed by atoms with E-state index >= 15 is 0 Å². The third kappa shape index (κ3) is 3.21. The number of carbonyl (C=O) groups is 1. The number of H-pyrrole nitrogens is 1. The molecule has 3 N–H and O–H groups in total. The maximum absolute atomic E-state index is 12.3. The maximum Gasteiger partial charge on any atom is 0.346 e. The third-order valence-electron chi connectivity index (χ3n) is 3.73. The van der Waals surface area contributed by atoms with E-state index in [-0.39, 0.29) is 17.9 Å². The van der Waals surface area contributed by atoms with Crippen LogP contribution in [0.4, 0.5) is 0 Å². The van der Waals surface area contributed by atoms with Crippen LogP contribution in [0, 0.1) is 12.3 Å². The zero-order valence-corrected chi connectivity index (χ0v) is 12.5. The van der Waals surface area contributed by atoms with Gasteiger partial charge in [0, 0.05) is 18.8 Å². The summed E-state index contributed by atoms with van der Waals surface area (Å²) in [6.07, 6.45) is 4.57. The first-order valence-corrected chi connectivity index (χ1v) is 7.78. The molecule has 0 spiro atoms. The lowest BCUT2D eigenvalue weighted by atomic mass is 10.0.